The Balaban J connectivity index is 1.45. The average Bonchev–Trinajstić information content (AvgIpc) is 3.40. The summed E-state index contributed by atoms with van der Waals surface area (Å²) in [6.45, 7) is 7.61. The number of nitrogens with zero attached hydrogens (tertiary/aromatic N) is 3. The highest BCUT2D eigenvalue weighted by Crippen LogP contribution is 2.53. The van der Waals surface area contributed by atoms with Gasteiger partial charge in [-0.2, -0.15) is 5.10 Å². The lowest BCUT2D eigenvalue weighted by molar-refractivity contribution is -0.117. The molecule has 1 aliphatic heterocycles. The van der Waals surface area contributed by atoms with Crippen LogP contribution in [0.4, 0.5) is 8.78 Å². The Kier molecular flexibility index (Phi) is 8.15. The van der Waals surface area contributed by atoms with E-state index in [-0.39, 0.29) is 35.8 Å². The van der Waals surface area contributed by atoms with Crippen LogP contribution in [-0.2, 0) is 21.5 Å². The summed E-state index contributed by atoms with van der Waals surface area (Å²) in [7, 11) is 3.70. The topological polar surface area (TPSA) is 92.4 Å². The zero-order valence-electron chi connectivity index (χ0n) is 26.5. The quantitative estimate of drug-likeness (QED) is 0.123. The molecule has 11 heteroatoms. The Bertz CT molecular complexity index is 2020. The third-order valence-corrected chi connectivity index (χ3v) is 10.0. The number of rotatable bonds is 10. The fraction of sp³-hybridized carbons (Fsp3) is 0.306. The van der Waals surface area contributed by atoms with E-state index in [1.54, 1.807) is 6.07 Å². The fourth-order valence-electron chi connectivity index (χ4n) is 6.72. The Morgan fingerprint density at radius 3 is 2.77 bits per heavy atom. The standard InChI is InChI=1S/C36H35F2N5O3S/c1-5-30(44)39-20(2)27-17-28(42-41-27)34-32(31-26(38)15-23(37)16-29(31)46-12-11-45-4)35-24(8-13-47-35)33(40-34)21-6-7-22-18-43(3)19-36(9-10-36)25(22)14-21/h5-8,13-17,20H,1,9-12,18-19H2,2-4H3,(H,39,44)(H,41,42). The summed E-state index contributed by atoms with van der Waals surface area (Å²) in [5, 5.41) is 13.2. The Hall–Kier alpha value is -4.45. The maximum absolute atomic E-state index is 16.0. The average molecular weight is 656 g/mol. The smallest absolute Gasteiger partial charge is 0.243 e. The van der Waals surface area contributed by atoms with Crippen molar-refractivity contribution in [1.82, 2.24) is 25.4 Å². The highest BCUT2D eigenvalue weighted by Gasteiger charge is 2.48. The number of likely N-dealkylation sites (N-methyl/N-ethyl adjacent to an activating group) is 1. The van der Waals surface area contributed by atoms with E-state index in [1.807, 2.05) is 18.4 Å². The molecule has 47 heavy (non-hydrogen) atoms. The van der Waals surface area contributed by atoms with E-state index in [4.69, 9.17) is 14.5 Å². The number of ether oxygens (including phenoxy) is 2. The molecule has 0 bridgehead atoms. The molecule has 0 saturated heterocycles. The van der Waals surface area contributed by atoms with Crippen LogP contribution in [-0.4, -0.2) is 59.9 Å². The van der Waals surface area contributed by atoms with Gasteiger partial charge in [0.25, 0.3) is 0 Å². The lowest BCUT2D eigenvalue weighted by atomic mass is 9.85. The Morgan fingerprint density at radius 2 is 2.00 bits per heavy atom. The maximum atomic E-state index is 16.0. The van der Waals surface area contributed by atoms with E-state index in [9.17, 15) is 9.18 Å². The first-order chi connectivity index (χ1) is 22.7. The number of carbonyl (C=O) groups is 1. The number of halogens is 2. The van der Waals surface area contributed by atoms with Gasteiger partial charge < -0.3 is 19.7 Å². The first-order valence-corrected chi connectivity index (χ1v) is 16.4. The van der Waals surface area contributed by atoms with Gasteiger partial charge in [0.05, 0.1) is 29.6 Å². The summed E-state index contributed by atoms with van der Waals surface area (Å²) in [6, 6.07) is 12.0. The zero-order valence-corrected chi connectivity index (χ0v) is 27.3. The van der Waals surface area contributed by atoms with Crippen LogP contribution < -0.4 is 10.1 Å². The van der Waals surface area contributed by atoms with Gasteiger partial charge in [-0.1, -0.05) is 18.7 Å². The van der Waals surface area contributed by atoms with Crippen molar-refractivity contribution in [3.05, 3.63) is 89.0 Å². The molecule has 1 fully saturated rings. The number of aromatic nitrogens is 3. The number of benzene rings is 2. The van der Waals surface area contributed by atoms with E-state index in [0.29, 0.717) is 22.6 Å². The van der Waals surface area contributed by atoms with Crippen molar-refractivity contribution in [1.29, 1.82) is 0 Å². The fourth-order valence-corrected chi connectivity index (χ4v) is 7.66. The Morgan fingerprint density at radius 1 is 1.17 bits per heavy atom. The number of carbonyl (C=O) groups excluding carboxylic acids is 1. The third kappa shape index (κ3) is 5.72. The van der Waals surface area contributed by atoms with Crippen LogP contribution in [0, 0.1) is 11.6 Å². The van der Waals surface area contributed by atoms with E-state index >= 15 is 4.39 Å². The summed E-state index contributed by atoms with van der Waals surface area (Å²) in [5.74, 6) is -1.82. The van der Waals surface area contributed by atoms with Gasteiger partial charge in [0.2, 0.25) is 5.91 Å². The lowest BCUT2D eigenvalue weighted by Gasteiger charge is -2.33. The van der Waals surface area contributed by atoms with Gasteiger partial charge in [0.1, 0.15) is 35.4 Å². The summed E-state index contributed by atoms with van der Waals surface area (Å²) in [5.41, 5.74) is 6.60. The summed E-state index contributed by atoms with van der Waals surface area (Å²) >= 11 is 1.45. The molecule has 0 radical (unpaired) electrons. The molecule has 1 atom stereocenters. The number of hydrogen-bond donors (Lipinski definition) is 2. The molecule has 1 aliphatic carbocycles. The third-order valence-electron chi connectivity index (χ3n) is 9.09. The lowest BCUT2D eigenvalue weighted by Crippen LogP contribution is -2.35. The van der Waals surface area contributed by atoms with Crippen molar-refractivity contribution in [2.75, 3.05) is 33.9 Å². The van der Waals surface area contributed by atoms with Crippen molar-refractivity contribution in [2.24, 2.45) is 0 Å². The van der Waals surface area contributed by atoms with E-state index in [2.05, 4.69) is 52.2 Å². The number of pyridine rings is 1. The number of amides is 1. The van der Waals surface area contributed by atoms with Crippen LogP contribution in [0.15, 0.2) is 60.5 Å². The molecule has 8 nitrogen and oxygen atoms in total. The van der Waals surface area contributed by atoms with Crippen molar-refractivity contribution >= 4 is 27.3 Å². The highest BCUT2D eigenvalue weighted by molar-refractivity contribution is 7.18. The minimum atomic E-state index is -0.779. The van der Waals surface area contributed by atoms with Crippen molar-refractivity contribution in [2.45, 2.75) is 37.8 Å². The molecule has 2 N–H and O–H groups in total. The molecule has 2 aliphatic rings. The first kappa shape index (κ1) is 31.2. The van der Waals surface area contributed by atoms with Gasteiger partial charge >= 0.3 is 0 Å². The normalized spacial score (nSPS) is 15.9. The molecule has 5 aromatic rings. The molecule has 3 aromatic heterocycles. The summed E-state index contributed by atoms with van der Waals surface area (Å²) in [6.07, 6.45) is 3.52. The van der Waals surface area contributed by atoms with Gasteiger partial charge in [0, 0.05) is 59.0 Å². The van der Waals surface area contributed by atoms with Gasteiger partial charge in [-0.3, -0.25) is 9.89 Å². The number of H-pyrrole nitrogens is 1. The van der Waals surface area contributed by atoms with Crippen LogP contribution in [0.2, 0.25) is 0 Å². The second-order valence-corrected chi connectivity index (χ2v) is 13.3. The second kappa shape index (κ2) is 12.3. The minimum Gasteiger partial charge on any atom is -0.490 e. The molecular weight excluding hydrogens is 620 g/mol. The second-order valence-electron chi connectivity index (χ2n) is 12.4. The Labute approximate surface area is 275 Å². The molecule has 1 amide bonds. The van der Waals surface area contributed by atoms with E-state index < -0.39 is 17.7 Å². The number of thiophene rings is 1. The van der Waals surface area contributed by atoms with Gasteiger partial charge in [-0.05, 0) is 67.6 Å². The van der Waals surface area contributed by atoms with E-state index in [1.165, 1.54) is 41.7 Å². The maximum Gasteiger partial charge on any atom is 0.243 e. The largest absolute Gasteiger partial charge is 0.490 e. The van der Waals surface area contributed by atoms with Crippen LogP contribution in [0.5, 0.6) is 5.75 Å². The molecule has 2 aromatic carbocycles. The minimum absolute atomic E-state index is 0.0426. The van der Waals surface area contributed by atoms with Crippen LogP contribution in [0.25, 0.3) is 43.9 Å². The molecule has 7 rings (SSSR count). The predicted octanol–water partition coefficient (Wildman–Crippen LogP) is 7.16. The monoisotopic (exact) mass is 655 g/mol. The van der Waals surface area contributed by atoms with Crippen molar-refractivity contribution in [3.63, 3.8) is 0 Å². The number of fused-ring (bicyclic) bond motifs is 3. The van der Waals surface area contributed by atoms with Crippen molar-refractivity contribution in [3.8, 4) is 39.5 Å². The predicted molar refractivity (Wildman–Crippen MR) is 179 cm³/mol. The first-order valence-electron chi connectivity index (χ1n) is 15.5. The molecule has 1 unspecified atom stereocenters. The molecule has 242 valence electrons. The summed E-state index contributed by atoms with van der Waals surface area (Å²) in [4.78, 5) is 19.7. The molecule has 1 spiro atoms. The molecule has 4 heterocycles. The number of aromatic amines is 1. The van der Waals surface area contributed by atoms with Gasteiger partial charge in [-0.15, -0.1) is 11.3 Å². The van der Waals surface area contributed by atoms with E-state index in [0.717, 1.165) is 53.3 Å². The number of nitrogens with one attached hydrogen (secondary N) is 2. The zero-order chi connectivity index (χ0) is 32.9. The van der Waals surface area contributed by atoms with Crippen molar-refractivity contribution < 1.29 is 23.0 Å². The number of hydrogen-bond acceptors (Lipinski definition) is 7. The number of methoxy groups -OCH3 is 1. The SMILES string of the molecule is C=CC(=O)NC(C)c1cc(-c2nc(-c3ccc4c(c3)C3(CC3)CN(C)C4)c3ccsc3c2-c2c(F)cc(F)cc2OCCOC)n[nH]1. The summed E-state index contributed by atoms with van der Waals surface area (Å²) < 4.78 is 42.5. The van der Waals surface area contributed by atoms with Crippen LogP contribution in [0.1, 0.15) is 42.6 Å². The molecular formula is C36H35F2N5O3S. The van der Waals surface area contributed by atoms with Gasteiger partial charge in [0.15, 0.2) is 0 Å². The molecule has 1 saturated carbocycles. The van der Waals surface area contributed by atoms with Gasteiger partial charge in [-0.25, -0.2) is 13.8 Å². The highest BCUT2D eigenvalue weighted by atomic mass is 32.1. The van der Waals surface area contributed by atoms with Crippen LogP contribution >= 0.6 is 11.3 Å². The van der Waals surface area contributed by atoms with Crippen LogP contribution in [0.3, 0.4) is 0 Å².